The first-order valence-electron chi connectivity index (χ1n) is 8.16. The number of carbonyl (C=O) groups excluding carboxylic acids is 2. The topological polar surface area (TPSA) is 107 Å². The molecule has 1 aromatic carbocycles. The van der Waals surface area contributed by atoms with Crippen LogP contribution in [-0.4, -0.2) is 38.3 Å². The molecule has 3 rings (SSSR count). The zero-order valence-electron chi connectivity index (χ0n) is 14.7. The van der Waals surface area contributed by atoms with Gasteiger partial charge < -0.3 is 9.72 Å². The molecule has 0 saturated heterocycles. The van der Waals surface area contributed by atoms with Crippen molar-refractivity contribution in [1.29, 1.82) is 0 Å². The number of aromatic amines is 1. The van der Waals surface area contributed by atoms with E-state index in [2.05, 4.69) is 15.3 Å². The number of nitrogens with one attached hydrogen (secondary N) is 1. The molecule has 3 aromatic rings. The number of Topliss-reactive ketones (excluding diaryl/α,β-unsaturated/α-hetero) is 1. The van der Waals surface area contributed by atoms with E-state index in [0.717, 1.165) is 4.68 Å². The number of aryl methyl sites for hydroxylation is 1. The molecule has 8 heteroatoms. The summed E-state index contributed by atoms with van der Waals surface area (Å²) >= 11 is 0. The van der Waals surface area contributed by atoms with Crippen LogP contribution in [0.5, 0.6) is 0 Å². The van der Waals surface area contributed by atoms with Gasteiger partial charge in [-0.25, -0.2) is 9.48 Å². The Bertz CT molecular complexity index is 1060. The fourth-order valence-corrected chi connectivity index (χ4v) is 2.92. The number of nitrogens with zero attached hydrogens (tertiary/aromatic N) is 3. The highest BCUT2D eigenvalue weighted by molar-refractivity contribution is 6.02. The lowest BCUT2D eigenvalue weighted by atomic mass is 10.1. The molecular weight excluding hydrogens is 336 g/mol. The predicted octanol–water partition coefficient (Wildman–Crippen LogP) is 1.80. The molecule has 26 heavy (non-hydrogen) atoms. The van der Waals surface area contributed by atoms with Gasteiger partial charge in [-0.3, -0.25) is 9.59 Å². The highest BCUT2D eigenvalue weighted by atomic mass is 16.5. The van der Waals surface area contributed by atoms with E-state index in [1.807, 2.05) is 0 Å². The molecule has 0 radical (unpaired) electrons. The van der Waals surface area contributed by atoms with E-state index < -0.39 is 5.97 Å². The van der Waals surface area contributed by atoms with E-state index in [9.17, 15) is 14.4 Å². The summed E-state index contributed by atoms with van der Waals surface area (Å²) in [6.07, 6.45) is 0. The van der Waals surface area contributed by atoms with Gasteiger partial charge in [0, 0.05) is 11.3 Å². The van der Waals surface area contributed by atoms with Gasteiger partial charge in [0.05, 0.1) is 12.0 Å². The molecule has 134 valence electrons. The maximum absolute atomic E-state index is 12.7. The van der Waals surface area contributed by atoms with Crippen molar-refractivity contribution in [2.75, 3.05) is 6.61 Å². The Kier molecular flexibility index (Phi) is 4.66. The summed E-state index contributed by atoms with van der Waals surface area (Å²) < 4.78 is 6.01. The zero-order valence-corrected chi connectivity index (χ0v) is 14.7. The van der Waals surface area contributed by atoms with E-state index in [4.69, 9.17) is 4.74 Å². The van der Waals surface area contributed by atoms with Gasteiger partial charge in [-0.1, -0.05) is 17.3 Å². The number of aromatic nitrogens is 4. The Balaban J connectivity index is 1.95. The summed E-state index contributed by atoms with van der Waals surface area (Å²) in [7, 11) is 0. The third kappa shape index (κ3) is 3.01. The van der Waals surface area contributed by atoms with E-state index in [-0.39, 0.29) is 30.2 Å². The minimum Gasteiger partial charge on any atom is -0.461 e. The van der Waals surface area contributed by atoms with Gasteiger partial charge >= 0.3 is 5.97 Å². The number of hydrogen-bond donors (Lipinski definition) is 1. The molecule has 0 aliphatic carbocycles. The molecule has 2 heterocycles. The second-order valence-electron chi connectivity index (χ2n) is 5.84. The van der Waals surface area contributed by atoms with Crippen molar-refractivity contribution in [2.45, 2.75) is 27.3 Å². The second-order valence-corrected chi connectivity index (χ2v) is 5.84. The maximum atomic E-state index is 12.7. The minimum atomic E-state index is -0.519. The molecule has 0 bridgehead atoms. The number of benzene rings is 1. The summed E-state index contributed by atoms with van der Waals surface area (Å²) in [6, 6.07) is 6.81. The lowest BCUT2D eigenvalue weighted by molar-refractivity contribution is 0.0519. The number of hydrogen-bond acceptors (Lipinski definition) is 6. The van der Waals surface area contributed by atoms with Crippen LogP contribution in [0.4, 0.5) is 0 Å². The van der Waals surface area contributed by atoms with E-state index in [1.54, 1.807) is 45.0 Å². The Morgan fingerprint density at radius 2 is 1.96 bits per heavy atom. The number of esters is 1. The van der Waals surface area contributed by atoms with Crippen LogP contribution >= 0.6 is 0 Å². The molecule has 0 fully saturated rings. The van der Waals surface area contributed by atoms with Crippen molar-refractivity contribution in [2.24, 2.45) is 0 Å². The first-order valence-corrected chi connectivity index (χ1v) is 8.16. The van der Waals surface area contributed by atoms with Crippen molar-refractivity contribution >= 4 is 22.7 Å². The molecule has 0 amide bonds. The first kappa shape index (κ1) is 17.5. The van der Waals surface area contributed by atoms with Crippen molar-refractivity contribution in [3.05, 3.63) is 57.1 Å². The molecule has 0 aliphatic heterocycles. The van der Waals surface area contributed by atoms with Gasteiger partial charge in [-0.2, -0.15) is 0 Å². The normalized spacial score (nSPS) is 10.9. The molecular formula is C18H18N4O4. The Hall–Kier alpha value is -3.29. The Labute approximate surface area is 148 Å². The van der Waals surface area contributed by atoms with Gasteiger partial charge in [0.1, 0.15) is 17.8 Å². The van der Waals surface area contributed by atoms with Crippen LogP contribution in [0.1, 0.15) is 39.0 Å². The predicted molar refractivity (Wildman–Crippen MR) is 94.4 cm³/mol. The quantitative estimate of drug-likeness (QED) is 0.553. The average Bonchev–Trinajstić information content (AvgIpc) is 2.92. The van der Waals surface area contributed by atoms with Crippen molar-refractivity contribution in [1.82, 2.24) is 20.0 Å². The van der Waals surface area contributed by atoms with Gasteiger partial charge in [0.15, 0.2) is 5.78 Å². The standard InChI is InChI=1S/C18H18N4O4/c1-4-26-18(25)16-10(2)15(11(3)19-16)14(23)9-22-17(24)12-7-5-6-8-13(12)20-21-22/h5-8,19H,4,9H2,1-3H3. The van der Waals surface area contributed by atoms with Crippen molar-refractivity contribution in [3.8, 4) is 0 Å². The summed E-state index contributed by atoms with van der Waals surface area (Å²) in [6.45, 7) is 5.04. The van der Waals surface area contributed by atoms with Gasteiger partial charge in [0.2, 0.25) is 0 Å². The number of carbonyl (C=O) groups is 2. The largest absolute Gasteiger partial charge is 0.461 e. The molecule has 0 spiro atoms. The van der Waals surface area contributed by atoms with Crippen LogP contribution in [-0.2, 0) is 11.3 Å². The van der Waals surface area contributed by atoms with Crippen LogP contribution in [0.15, 0.2) is 29.1 Å². The summed E-state index contributed by atoms with van der Waals surface area (Å²) in [4.78, 5) is 40.1. The molecule has 0 unspecified atom stereocenters. The minimum absolute atomic E-state index is 0.238. The number of H-pyrrole nitrogens is 1. The summed E-state index contributed by atoms with van der Waals surface area (Å²) in [5, 5.41) is 8.20. The lowest BCUT2D eigenvalue weighted by Gasteiger charge is -2.05. The number of rotatable bonds is 5. The van der Waals surface area contributed by atoms with Gasteiger partial charge in [-0.05, 0) is 38.5 Å². The van der Waals surface area contributed by atoms with Crippen molar-refractivity contribution in [3.63, 3.8) is 0 Å². The fraction of sp³-hybridized carbons (Fsp3) is 0.278. The van der Waals surface area contributed by atoms with Crippen molar-refractivity contribution < 1.29 is 14.3 Å². The monoisotopic (exact) mass is 354 g/mol. The van der Waals surface area contributed by atoms with Gasteiger partial charge in [-0.15, -0.1) is 5.10 Å². The third-order valence-corrected chi connectivity index (χ3v) is 4.12. The molecule has 2 aromatic heterocycles. The first-order chi connectivity index (χ1) is 12.4. The van der Waals surface area contributed by atoms with Crippen LogP contribution < -0.4 is 5.56 Å². The van der Waals surface area contributed by atoms with Crippen LogP contribution in [0.25, 0.3) is 10.9 Å². The molecule has 1 N–H and O–H groups in total. The molecule has 0 atom stereocenters. The van der Waals surface area contributed by atoms with Crippen LogP contribution in [0, 0.1) is 13.8 Å². The number of ether oxygens (including phenoxy) is 1. The van der Waals surface area contributed by atoms with Crippen LogP contribution in [0.3, 0.4) is 0 Å². The second kappa shape index (κ2) is 6.91. The summed E-state index contributed by atoms with van der Waals surface area (Å²) in [5.74, 6) is -0.853. The van der Waals surface area contributed by atoms with E-state index in [1.165, 1.54) is 0 Å². The maximum Gasteiger partial charge on any atom is 0.355 e. The SMILES string of the molecule is CCOC(=O)c1[nH]c(C)c(C(=O)Cn2nnc3ccccc3c2=O)c1C. The number of ketones is 1. The van der Waals surface area contributed by atoms with Crippen LogP contribution in [0.2, 0.25) is 0 Å². The molecule has 0 aliphatic rings. The highest BCUT2D eigenvalue weighted by Crippen LogP contribution is 2.20. The highest BCUT2D eigenvalue weighted by Gasteiger charge is 2.23. The smallest absolute Gasteiger partial charge is 0.355 e. The Morgan fingerprint density at radius 3 is 2.69 bits per heavy atom. The lowest BCUT2D eigenvalue weighted by Crippen LogP contribution is -2.28. The van der Waals surface area contributed by atoms with E-state index in [0.29, 0.717) is 27.7 Å². The summed E-state index contributed by atoms with van der Waals surface area (Å²) in [5.41, 5.74) is 1.71. The Morgan fingerprint density at radius 1 is 1.23 bits per heavy atom. The number of fused-ring (bicyclic) bond motifs is 1. The molecule has 0 saturated carbocycles. The molecule has 8 nitrogen and oxygen atoms in total. The fourth-order valence-electron chi connectivity index (χ4n) is 2.92. The van der Waals surface area contributed by atoms with E-state index >= 15 is 0 Å². The van der Waals surface area contributed by atoms with Gasteiger partial charge in [0.25, 0.3) is 5.56 Å². The zero-order chi connectivity index (χ0) is 18.8. The third-order valence-electron chi connectivity index (χ3n) is 4.12. The average molecular weight is 354 g/mol.